The quantitative estimate of drug-likeness (QED) is 0.844. The maximum atomic E-state index is 6.18. The normalized spacial score (nSPS) is 13.7. The van der Waals surface area contributed by atoms with Crippen LogP contribution in [0.2, 0.25) is 0 Å². The van der Waals surface area contributed by atoms with Gasteiger partial charge < -0.3 is 5.73 Å². The summed E-state index contributed by atoms with van der Waals surface area (Å²) in [5.41, 5.74) is 12.1. The van der Waals surface area contributed by atoms with Gasteiger partial charge in [0.15, 0.2) is 0 Å². The molecule has 0 saturated carbocycles. The zero-order valence-electron chi connectivity index (χ0n) is 12.9. The summed E-state index contributed by atoms with van der Waals surface area (Å²) in [6.07, 6.45) is 3.29. The van der Waals surface area contributed by atoms with Gasteiger partial charge in [-0.25, -0.2) is 0 Å². The van der Waals surface area contributed by atoms with Crippen LogP contribution in [0.25, 0.3) is 0 Å². The van der Waals surface area contributed by atoms with Crippen molar-refractivity contribution in [2.75, 3.05) is 0 Å². The first-order valence-corrected chi connectivity index (χ1v) is 7.12. The van der Waals surface area contributed by atoms with Gasteiger partial charge in [-0.2, -0.15) is 0 Å². The fraction of sp³-hybridized carbons (Fsp3) is 0.647. The molecule has 0 spiro atoms. The lowest BCUT2D eigenvalue weighted by molar-refractivity contribution is 0.583. The molecule has 18 heavy (non-hydrogen) atoms. The van der Waals surface area contributed by atoms with Crippen molar-refractivity contribution in [3.8, 4) is 0 Å². The van der Waals surface area contributed by atoms with Crippen molar-refractivity contribution in [2.24, 2.45) is 5.73 Å². The van der Waals surface area contributed by atoms with E-state index in [0.717, 1.165) is 12.8 Å². The lowest BCUT2D eigenvalue weighted by Crippen LogP contribution is -2.23. The van der Waals surface area contributed by atoms with E-state index in [0.29, 0.717) is 6.04 Å². The van der Waals surface area contributed by atoms with Gasteiger partial charge in [0, 0.05) is 6.04 Å². The van der Waals surface area contributed by atoms with E-state index in [-0.39, 0.29) is 5.41 Å². The van der Waals surface area contributed by atoms with Gasteiger partial charge in [0.05, 0.1) is 0 Å². The Morgan fingerprint density at radius 2 is 1.61 bits per heavy atom. The first-order valence-electron chi connectivity index (χ1n) is 7.12. The van der Waals surface area contributed by atoms with Crippen molar-refractivity contribution in [2.45, 2.75) is 72.3 Å². The highest BCUT2D eigenvalue weighted by molar-refractivity contribution is 5.40. The van der Waals surface area contributed by atoms with Crippen molar-refractivity contribution in [1.29, 1.82) is 0 Å². The van der Waals surface area contributed by atoms with Crippen LogP contribution in [-0.4, -0.2) is 6.04 Å². The Balaban J connectivity index is 3.02. The number of hydrogen-bond donors (Lipinski definition) is 1. The van der Waals surface area contributed by atoms with Crippen LogP contribution in [-0.2, 0) is 11.8 Å². The molecule has 2 N–H and O–H groups in total. The summed E-state index contributed by atoms with van der Waals surface area (Å²) in [7, 11) is 0. The minimum Gasteiger partial charge on any atom is -0.327 e. The monoisotopic (exact) mass is 247 g/mol. The van der Waals surface area contributed by atoms with Crippen molar-refractivity contribution >= 4 is 0 Å². The second kappa shape index (κ2) is 5.88. The molecule has 0 aromatic heterocycles. The van der Waals surface area contributed by atoms with Gasteiger partial charge in [-0.05, 0) is 54.4 Å². The SMILES string of the molecule is CCC[C@H](N)Cc1c(C)cc(C(C)(C)C)cc1C. The maximum absolute atomic E-state index is 6.18. The third kappa shape index (κ3) is 3.84. The Bertz CT molecular complexity index is 376. The lowest BCUT2D eigenvalue weighted by atomic mass is 9.83. The van der Waals surface area contributed by atoms with Gasteiger partial charge in [0.1, 0.15) is 0 Å². The highest BCUT2D eigenvalue weighted by atomic mass is 14.6. The van der Waals surface area contributed by atoms with Crippen LogP contribution in [0.5, 0.6) is 0 Å². The molecule has 0 amide bonds. The molecule has 0 heterocycles. The van der Waals surface area contributed by atoms with E-state index in [4.69, 9.17) is 5.73 Å². The topological polar surface area (TPSA) is 26.0 Å². The molecule has 0 bridgehead atoms. The fourth-order valence-corrected chi connectivity index (χ4v) is 2.48. The Hall–Kier alpha value is -0.820. The van der Waals surface area contributed by atoms with E-state index >= 15 is 0 Å². The molecule has 0 fully saturated rings. The molecule has 0 radical (unpaired) electrons. The average Bonchev–Trinajstić information content (AvgIpc) is 2.22. The van der Waals surface area contributed by atoms with Crippen molar-refractivity contribution < 1.29 is 0 Å². The van der Waals surface area contributed by atoms with Gasteiger partial charge in [0.25, 0.3) is 0 Å². The minimum absolute atomic E-state index is 0.222. The van der Waals surface area contributed by atoms with Gasteiger partial charge in [-0.1, -0.05) is 46.2 Å². The molecule has 1 rings (SSSR count). The number of nitrogens with two attached hydrogens (primary N) is 1. The zero-order valence-corrected chi connectivity index (χ0v) is 12.9. The molecular weight excluding hydrogens is 218 g/mol. The number of rotatable bonds is 4. The number of benzene rings is 1. The Labute approximate surface area is 113 Å². The standard InChI is InChI=1S/C17H29N/c1-7-8-15(18)11-16-12(2)9-14(10-13(16)3)17(4,5)6/h9-10,15H,7-8,11,18H2,1-6H3/t15-/m0/s1. The number of aryl methyl sites for hydroxylation is 2. The van der Waals surface area contributed by atoms with Crippen LogP contribution in [0.1, 0.15) is 62.8 Å². The van der Waals surface area contributed by atoms with E-state index in [9.17, 15) is 0 Å². The van der Waals surface area contributed by atoms with Gasteiger partial charge >= 0.3 is 0 Å². The van der Waals surface area contributed by atoms with E-state index < -0.39 is 0 Å². The van der Waals surface area contributed by atoms with Crippen LogP contribution in [0.3, 0.4) is 0 Å². The number of hydrogen-bond acceptors (Lipinski definition) is 1. The van der Waals surface area contributed by atoms with Crippen LogP contribution < -0.4 is 5.73 Å². The summed E-state index contributed by atoms with van der Waals surface area (Å²) in [6, 6.07) is 4.97. The van der Waals surface area contributed by atoms with E-state index in [2.05, 4.69) is 53.7 Å². The molecule has 1 atom stereocenters. The summed E-state index contributed by atoms with van der Waals surface area (Å²) in [4.78, 5) is 0. The highest BCUT2D eigenvalue weighted by Crippen LogP contribution is 2.27. The van der Waals surface area contributed by atoms with Crippen molar-refractivity contribution in [3.63, 3.8) is 0 Å². The molecule has 1 heteroatoms. The first-order chi connectivity index (χ1) is 8.25. The molecule has 0 aliphatic carbocycles. The molecule has 1 nitrogen and oxygen atoms in total. The molecular formula is C17H29N. The fourth-order valence-electron chi connectivity index (χ4n) is 2.48. The first kappa shape index (κ1) is 15.2. The van der Waals surface area contributed by atoms with Crippen LogP contribution >= 0.6 is 0 Å². The smallest absolute Gasteiger partial charge is 0.00794 e. The Morgan fingerprint density at radius 3 is 2.00 bits per heavy atom. The minimum atomic E-state index is 0.222. The second-order valence-electron chi connectivity index (χ2n) is 6.59. The maximum Gasteiger partial charge on any atom is 0.00794 e. The highest BCUT2D eigenvalue weighted by Gasteiger charge is 2.17. The molecule has 0 aliphatic heterocycles. The largest absolute Gasteiger partial charge is 0.327 e. The van der Waals surface area contributed by atoms with Gasteiger partial charge in [-0.15, -0.1) is 0 Å². The summed E-state index contributed by atoms with van der Waals surface area (Å²) in [6.45, 7) is 13.4. The lowest BCUT2D eigenvalue weighted by Gasteiger charge is -2.23. The molecule has 0 aliphatic rings. The summed E-state index contributed by atoms with van der Waals surface area (Å²) >= 11 is 0. The summed E-state index contributed by atoms with van der Waals surface area (Å²) < 4.78 is 0. The van der Waals surface area contributed by atoms with E-state index in [1.807, 2.05) is 0 Å². The third-order valence-corrected chi connectivity index (χ3v) is 3.69. The van der Waals surface area contributed by atoms with Crippen LogP contribution in [0, 0.1) is 13.8 Å². The molecule has 1 aromatic rings. The second-order valence-corrected chi connectivity index (χ2v) is 6.59. The average molecular weight is 247 g/mol. The molecule has 0 saturated heterocycles. The van der Waals surface area contributed by atoms with Crippen molar-refractivity contribution in [1.82, 2.24) is 0 Å². The predicted octanol–water partition coefficient (Wildman–Crippen LogP) is 4.27. The van der Waals surface area contributed by atoms with Gasteiger partial charge in [-0.3, -0.25) is 0 Å². The van der Waals surface area contributed by atoms with Crippen LogP contribution in [0.15, 0.2) is 12.1 Å². The third-order valence-electron chi connectivity index (χ3n) is 3.69. The van der Waals surface area contributed by atoms with E-state index in [1.165, 1.54) is 28.7 Å². The van der Waals surface area contributed by atoms with Crippen molar-refractivity contribution in [3.05, 3.63) is 34.4 Å². The summed E-state index contributed by atoms with van der Waals surface area (Å²) in [5.74, 6) is 0. The molecule has 0 unspecified atom stereocenters. The molecule has 1 aromatic carbocycles. The van der Waals surface area contributed by atoms with Gasteiger partial charge in [0.2, 0.25) is 0 Å². The van der Waals surface area contributed by atoms with Crippen LogP contribution in [0.4, 0.5) is 0 Å². The predicted molar refractivity (Wildman–Crippen MR) is 81.2 cm³/mol. The zero-order chi connectivity index (χ0) is 13.9. The Kier molecular flexibility index (Phi) is 4.98. The summed E-state index contributed by atoms with van der Waals surface area (Å²) in [5, 5.41) is 0. The molecule has 102 valence electrons. The van der Waals surface area contributed by atoms with E-state index in [1.54, 1.807) is 0 Å². The Morgan fingerprint density at radius 1 is 1.11 bits per heavy atom.